The number of sulfonamides is 1. The molecule has 0 spiro atoms. The minimum absolute atomic E-state index is 0.155. The maximum absolute atomic E-state index is 12.5. The highest BCUT2D eigenvalue weighted by molar-refractivity contribution is 7.92. The average molecular weight is 529 g/mol. The number of nitrogens with zero attached hydrogens (tertiary/aromatic N) is 3. The molecule has 6 unspecified atom stereocenters. The maximum atomic E-state index is 12.5. The minimum atomic E-state index is -3.91. The summed E-state index contributed by atoms with van der Waals surface area (Å²) in [6, 6.07) is 0. The van der Waals surface area contributed by atoms with E-state index in [2.05, 4.69) is 68.4 Å². The van der Waals surface area contributed by atoms with Crippen molar-refractivity contribution in [1.82, 2.24) is 10.2 Å². The van der Waals surface area contributed by atoms with E-state index >= 15 is 0 Å². The smallest absolute Gasteiger partial charge is 0.301 e. The zero-order chi connectivity index (χ0) is 26.6. The molecule has 9 heteroatoms. The second kappa shape index (κ2) is 15.7. The number of aromatic nitrogens is 2. The molecule has 0 fully saturated rings. The SMILES string of the molecule is CCC(C)C(CC)C(CC)C(CC)C(CC)C(CC)CCC=NS(=O)(=O)c1nnc(NC(C)=O)s1. The largest absolute Gasteiger partial charge is 0.311 e. The molecule has 0 aliphatic heterocycles. The number of hydrogen-bond acceptors (Lipinski definition) is 6. The summed E-state index contributed by atoms with van der Waals surface area (Å²) in [4.78, 5) is 11.1. The molecule has 0 bridgehead atoms. The van der Waals surface area contributed by atoms with Crippen LogP contribution >= 0.6 is 11.3 Å². The van der Waals surface area contributed by atoms with Crippen LogP contribution in [0.25, 0.3) is 0 Å². The van der Waals surface area contributed by atoms with Crippen LogP contribution in [-0.2, 0) is 14.8 Å². The summed E-state index contributed by atoms with van der Waals surface area (Å²) in [5, 5.41) is 9.98. The summed E-state index contributed by atoms with van der Waals surface area (Å²) in [7, 11) is -3.91. The lowest BCUT2D eigenvalue weighted by molar-refractivity contribution is -0.114. The Morgan fingerprint density at radius 1 is 0.914 bits per heavy atom. The van der Waals surface area contributed by atoms with E-state index in [0.717, 1.165) is 48.4 Å². The van der Waals surface area contributed by atoms with Crippen molar-refractivity contribution in [2.45, 2.75) is 111 Å². The molecule has 35 heavy (non-hydrogen) atoms. The Morgan fingerprint density at radius 2 is 1.49 bits per heavy atom. The van der Waals surface area contributed by atoms with Crippen LogP contribution in [0.15, 0.2) is 8.74 Å². The van der Waals surface area contributed by atoms with E-state index in [1.165, 1.54) is 38.8 Å². The predicted octanol–water partition coefficient (Wildman–Crippen LogP) is 7.21. The highest BCUT2D eigenvalue weighted by atomic mass is 32.2. The van der Waals surface area contributed by atoms with Gasteiger partial charge in [0, 0.05) is 13.1 Å². The lowest BCUT2D eigenvalue weighted by atomic mass is 9.63. The Balaban J connectivity index is 2.93. The molecule has 0 saturated carbocycles. The van der Waals surface area contributed by atoms with E-state index in [9.17, 15) is 13.2 Å². The first-order valence-electron chi connectivity index (χ1n) is 13.5. The van der Waals surface area contributed by atoms with Gasteiger partial charge in [0.05, 0.1) is 0 Å². The van der Waals surface area contributed by atoms with Crippen LogP contribution < -0.4 is 5.32 Å². The maximum Gasteiger partial charge on any atom is 0.311 e. The molecule has 1 rings (SSSR count). The number of carbonyl (C=O) groups is 1. The molecule has 202 valence electrons. The molecule has 7 nitrogen and oxygen atoms in total. The molecular formula is C26H48N4O3S2. The van der Waals surface area contributed by atoms with Gasteiger partial charge in [0.1, 0.15) is 0 Å². The average Bonchev–Trinajstić information content (AvgIpc) is 3.30. The summed E-state index contributed by atoms with van der Waals surface area (Å²) in [6.45, 7) is 17.7. The van der Waals surface area contributed by atoms with Crippen molar-refractivity contribution < 1.29 is 13.2 Å². The normalized spacial score (nSPS) is 17.6. The molecule has 1 heterocycles. The molecule has 0 aliphatic rings. The lowest BCUT2D eigenvalue weighted by Crippen LogP contribution is -2.34. The van der Waals surface area contributed by atoms with Gasteiger partial charge < -0.3 is 5.32 Å². The summed E-state index contributed by atoms with van der Waals surface area (Å²) in [5.74, 6) is 3.74. The number of nitrogens with one attached hydrogen (secondary N) is 1. The van der Waals surface area contributed by atoms with Crippen LogP contribution in [0.2, 0.25) is 0 Å². The Hall–Kier alpha value is -1.35. The molecule has 6 atom stereocenters. The van der Waals surface area contributed by atoms with Gasteiger partial charge >= 0.3 is 10.0 Å². The van der Waals surface area contributed by atoms with Crippen LogP contribution in [0.4, 0.5) is 5.13 Å². The monoisotopic (exact) mass is 528 g/mol. The molecule has 1 amide bonds. The second-order valence-electron chi connectivity index (χ2n) is 9.74. The van der Waals surface area contributed by atoms with E-state index in [1.54, 1.807) is 0 Å². The van der Waals surface area contributed by atoms with E-state index in [1.807, 2.05) is 0 Å². The third-order valence-corrected chi connectivity index (χ3v) is 10.3. The molecule has 0 aliphatic carbocycles. The van der Waals surface area contributed by atoms with Crippen LogP contribution in [0, 0.1) is 35.5 Å². The first-order chi connectivity index (χ1) is 16.6. The Kier molecular flexibility index (Phi) is 14.2. The van der Waals surface area contributed by atoms with Gasteiger partial charge in [-0.15, -0.1) is 10.2 Å². The summed E-state index contributed by atoms with van der Waals surface area (Å²) in [5.41, 5.74) is 0. The van der Waals surface area contributed by atoms with E-state index in [0.29, 0.717) is 24.2 Å². The van der Waals surface area contributed by atoms with E-state index in [4.69, 9.17) is 0 Å². The molecule has 1 aromatic heterocycles. The van der Waals surface area contributed by atoms with Crippen molar-refractivity contribution >= 4 is 38.6 Å². The van der Waals surface area contributed by atoms with Crippen LogP contribution in [0.5, 0.6) is 0 Å². The number of rotatable bonds is 17. The molecule has 0 saturated heterocycles. The van der Waals surface area contributed by atoms with Gasteiger partial charge in [-0.2, -0.15) is 12.8 Å². The predicted molar refractivity (Wildman–Crippen MR) is 147 cm³/mol. The number of hydrogen-bond donors (Lipinski definition) is 1. The van der Waals surface area contributed by atoms with Crippen LogP contribution in [0.1, 0.15) is 107 Å². The fourth-order valence-electron chi connectivity index (χ4n) is 5.98. The van der Waals surface area contributed by atoms with Crippen molar-refractivity contribution in [3.05, 3.63) is 0 Å². The van der Waals surface area contributed by atoms with Gasteiger partial charge in [0.25, 0.3) is 4.34 Å². The van der Waals surface area contributed by atoms with Gasteiger partial charge in [-0.1, -0.05) is 98.3 Å². The molecule has 0 radical (unpaired) electrons. The fraction of sp³-hybridized carbons (Fsp3) is 0.846. The van der Waals surface area contributed by atoms with Gasteiger partial charge in [0.15, 0.2) is 0 Å². The molecular weight excluding hydrogens is 480 g/mol. The van der Waals surface area contributed by atoms with E-state index in [-0.39, 0.29) is 15.4 Å². The van der Waals surface area contributed by atoms with Crippen LogP contribution in [-0.4, -0.2) is 30.7 Å². The first kappa shape index (κ1) is 31.7. The minimum Gasteiger partial charge on any atom is -0.301 e. The number of anilines is 1. The summed E-state index contributed by atoms with van der Waals surface area (Å²) >= 11 is 0.811. The number of carbonyl (C=O) groups excluding carboxylic acids is 1. The topological polar surface area (TPSA) is 101 Å². The Bertz CT molecular complexity index is 885. The van der Waals surface area contributed by atoms with Crippen molar-refractivity contribution in [3.8, 4) is 0 Å². The van der Waals surface area contributed by atoms with Crippen molar-refractivity contribution in [2.75, 3.05) is 5.32 Å². The quantitative estimate of drug-likeness (QED) is 0.170. The van der Waals surface area contributed by atoms with Crippen molar-refractivity contribution in [3.63, 3.8) is 0 Å². The van der Waals surface area contributed by atoms with Gasteiger partial charge in [-0.25, -0.2) is 0 Å². The van der Waals surface area contributed by atoms with Crippen molar-refractivity contribution in [1.29, 1.82) is 0 Å². The number of amides is 1. The van der Waals surface area contributed by atoms with Gasteiger partial charge in [0.2, 0.25) is 11.0 Å². The Labute approximate surface area is 218 Å². The van der Waals surface area contributed by atoms with Crippen molar-refractivity contribution in [2.24, 2.45) is 39.9 Å². The van der Waals surface area contributed by atoms with Crippen LogP contribution in [0.3, 0.4) is 0 Å². The highest BCUT2D eigenvalue weighted by Gasteiger charge is 2.35. The standard InChI is InChI=1S/C26H48N4O3S2/c1-9-18(7)21(11-3)23(13-5)24(14-6)22(12-4)20(10-2)16-15-17-27-35(32,33)26-30-29-25(34-26)28-19(8)31/h17-18,20-24H,9-16H2,1-8H3,(H,28,29,31). The molecule has 1 aromatic rings. The second-order valence-corrected chi connectivity index (χ2v) is 12.5. The van der Waals surface area contributed by atoms with E-state index < -0.39 is 10.0 Å². The van der Waals surface area contributed by atoms with Gasteiger partial charge in [-0.05, 0) is 48.3 Å². The third kappa shape index (κ3) is 9.23. The summed E-state index contributed by atoms with van der Waals surface area (Å²) < 4.78 is 28.7. The zero-order valence-corrected chi connectivity index (χ0v) is 24.7. The fourth-order valence-corrected chi connectivity index (χ4v) is 7.83. The van der Waals surface area contributed by atoms with Gasteiger partial charge in [-0.3, -0.25) is 4.79 Å². The Morgan fingerprint density at radius 3 is 1.97 bits per heavy atom. The highest BCUT2D eigenvalue weighted by Crippen LogP contribution is 2.43. The molecule has 0 aromatic carbocycles. The first-order valence-corrected chi connectivity index (χ1v) is 15.7. The zero-order valence-electron chi connectivity index (χ0n) is 23.1. The lowest BCUT2D eigenvalue weighted by Gasteiger charge is -2.42. The molecule has 1 N–H and O–H groups in total. The third-order valence-electron chi connectivity index (χ3n) is 7.83. The summed E-state index contributed by atoms with van der Waals surface area (Å²) in [6.07, 6.45) is 10.2.